The summed E-state index contributed by atoms with van der Waals surface area (Å²) in [5, 5.41) is 9.85. The van der Waals surface area contributed by atoms with Crippen LogP contribution in [0.5, 0.6) is 0 Å². The van der Waals surface area contributed by atoms with Crippen LogP contribution in [0, 0.1) is 11.3 Å². The van der Waals surface area contributed by atoms with E-state index < -0.39 is 6.09 Å². The number of amides is 1. The Morgan fingerprint density at radius 2 is 1.89 bits per heavy atom. The maximum absolute atomic E-state index is 12.8. The molecular formula is C21H16ClN3O2. The standard InChI is InChI=1S/C21H16ClN3O2/c22-18-10-9-17(13-23)20(12-18)25(14-19-8-4-5-11-24-19)21(26)27-15-16-6-2-1-3-7-16/h1-12H,14-15H2. The number of rotatable bonds is 5. The van der Waals surface area contributed by atoms with Crippen molar-refractivity contribution in [2.45, 2.75) is 13.2 Å². The highest BCUT2D eigenvalue weighted by molar-refractivity contribution is 6.31. The monoisotopic (exact) mass is 377 g/mol. The van der Waals surface area contributed by atoms with Gasteiger partial charge in [0.25, 0.3) is 0 Å². The minimum absolute atomic E-state index is 0.126. The lowest BCUT2D eigenvalue weighted by Gasteiger charge is -2.23. The number of benzene rings is 2. The van der Waals surface area contributed by atoms with Crippen LogP contribution in [0.4, 0.5) is 10.5 Å². The van der Waals surface area contributed by atoms with E-state index in [4.69, 9.17) is 16.3 Å². The van der Waals surface area contributed by atoms with Crippen molar-refractivity contribution in [3.63, 3.8) is 0 Å². The number of anilines is 1. The second-order valence-corrected chi connectivity index (χ2v) is 6.16. The number of halogens is 1. The number of nitriles is 1. The summed E-state index contributed by atoms with van der Waals surface area (Å²) in [7, 11) is 0. The summed E-state index contributed by atoms with van der Waals surface area (Å²) in [6.07, 6.45) is 1.06. The highest BCUT2D eigenvalue weighted by atomic mass is 35.5. The van der Waals surface area contributed by atoms with Gasteiger partial charge in [-0.25, -0.2) is 4.79 Å². The lowest BCUT2D eigenvalue weighted by molar-refractivity contribution is 0.146. The van der Waals surface area contributed by atoms with E-state index in [1.807, 2.05) is 36.4 Å². The van der Waals surface area contributed by atoms with Crippen LogP contribution in [0.25, 0.3) is 0 Å². The third-order valence-electron chi connectivity index (χ3n) is 3.84. The van der Waals surface area contributed by atoms with E-state index in [0.717, 1.165) is 5.56 Å². The van der Waals surface area contributed by atoms with Crippen molar-refractivity contribution in [2.24, 2.45) is 0 Å². The highest BCUT2D eigenvalue weighted by Crippen LogP contribution is 2.26. The number of hydrogen-bond acceptors (Lipinski definition) is 4. The molecule has 3 rings (SSSR count). The SMILES string of the molecule is N#Cc1ccc(Cl)cc1N(Cc1ccccn1)C(=O)OCc1ccccc1. The van der Waals surface area contributed by atoms with Crippen LogP contribution in [0.1, 0.15) is 16.8 Å². The van der Waals surface area contributed by atoms with E-state index in [2.05, 4.69) is 11.1 Å². The molecule has 0 fully saturated rings. The number of carbonyl (C=O) groups is 1. The minimum atomic E-state index is -0.580. The Hall–Kier alpha value is -3.36. The summed E-state index contributed by atoms with van der Waals surface area (Å²) in [5.74, 6) is 0. The molecule has 0 spiro atoms. The molecule has 0 aliphatic heterocycles. The molecule has 0 aliphatic rings. The van der Waals surface area contributed by atoms with Crippen LogP contribution in [-0.2, 0) is 17.9 Å². The molecule has 0 atom stereocenters. The van der Waals surface area contributed by atoms with Crippen LogP contribution in [0.2, 0.25) is 5.02 Å². The van der Waals surface area contributed by atoms with Gasteiger partial charge >= 0.3 is 6.09 Å². The van der Waals surface area contributed by atoms with Crippen LogP contribution in [0.3, 0.4) is 0 Å². The Morgan fingerprint density at radius 3 is 2.59 bits per heavy atom. The number of carbonyl (C=O) groups excluding carboxylic acids is 1. The predicted octanol–water partition coefficient (Wildman–Crippen LogP) is 4.95. The Bertz CT molecular complexity index is 956. The number of nitrogens with zero attached hydrogens (tertiary/aromatic N) is 3. The molecular weight excluding hydrogens is 362 g/mol. The lowest BCUT2D eigenvalue weighted by Crippen LogP contribution is -2.32. The molecule has 0 saturated heterocycles. The van der Waals surface area contributed by atoms with Crippen molar-refractivity contribution in [1.29, 1.82) is 5.26 Å². The van der Waals surface area contributed by atoms with E-state index in [1.165, 1.54) is 4.90 Å². The first kappa shape index (κ1) is 18.4. The maximum atomic E-state index is 12.8. The Balaban J connectivity index is 1.89. The van der Waals surface area contributed by atoms with Crippen molar-refractivity contribution < 1.29 is 9.53 Å². The summed E-state index contributed by atoms with van der Waals surface area (Å²) >= 11 is 6.09. The Morgan fingerprint density at radius 1 is 1.11 bits per heavy atom. The normalized spacial score (nSPS) is 10.1. The quantitative estimate of drug-likeness (QED) is 0.631. The predicted molar refractivity (Wildman–Crippen MR) is 103 cm³/mol. The molecule has 1 amide bonds. The summed E-state index contributed by atoms with van der Waals surface area (Å²) in [6, 6.07) is 21.7. The first-order valence-electron chi connectivity index (χ1n) is 8.25. The van der Waals surface area contributed by atoms with Gasteiger partial charge in [0, 0.05) is 11.2 Å². The second-order valence-electron chi connectivity index (χ2n) is 5.72. The highest BCUT2D eigenvalue weighted by Gasteiger charge is 2.22. The molecule has 134 valence electrons. The van der Waals surface area contributed by atoms with Gasteiger partial charge in [0.15, 0.2) is 0 Å². The van der Waals surface area contributed by atoms with Crippen LogP contribution < -0.4 is 4.90 Å². The maximum Gasteiger partial charge on any atom is 0.415 e. The van der Waals surface area contributed by atoms with Gasteiger partial charge in [-0.05, 0) is 35.9 Å². The van der Waals surface area contributed by atoms with Crippen molar-refractivity contribution >= 4 is 23.4 Å². The molecule has 0 aliphatic carbocycles. The fourth-order valence-electron chi connectivity index (χ4n) is 2.52. The molecule has 6 heteroatoms. The van der Waals surface area contributed by atoms with E-state index >= 15 is 0 Å². The van der Waals surface area contributed by atoms with Crippen molar-refractivity contribution in [3.8, 4) is 6.07 Å². The molecule has 5 nitrogen and oxygen atoms in total. The number of aromatic nitrogens is 1. The first-order valence-corrected chi connectivity index (χ1v) is 8.63. The van der Waals surface area contributed by atoms with Gasteiger partial charge in [-0.2, -0.15) is 5.26 Å². The van der Waals surface area contributed by atoms with Crippen LogP contribution in [0.15, 0.2) is 72.9 Å². The topological polar surface area (TPSA) is 66.2 Å². The Kier molecular flexibility index (Phi) is 6.03. The van der Waals surface area contributed by atoms with Gasteiger partial charge in [-0.3, -0.25) is 9.88 Å². The average Bonchev–Trinajstić information content (AvgIpc) is 2.72. The zero-order valence-electron chi connectivity index (χ0n) is 14.4. The van der Waals surface area contributed by atoms with E-state index in [0.29, 0.717) is 22.0 Å². The van der Waals surface area contributed by atoms with Crippen molar-refractivity contribution in [1.82, 2.24) is 4.98 Å². The molecule has 0 unspecified atom stereocenters. The van der Waals surface area contributed by atoms with E-state index in [1.54, 1.807) is 36.5 Å². The van der Waals surface area contributed by atoms with Crippen molar-refractivity contribution in [3.05, 3.63) is 94.8 Å². The zero-order valence-corrected chi connectivity index (χ0v) is 15.1. The molecule has 27 heavy (non-hydrogen) atoms. The fraction of sp³-hybridized carbons (Fsp3) is 0.0952. The van der Waals surface area contributed by atoms with Crippen LogP contribution >= 0.6 is 11.6 Å². The molecule has 0 bridgehead atoms. The van der Waals surface area contributed by atoms with Crippen molar-refractivity contribution in [2.75, 3.05) is 4.90 Å². The smallest absolute Gasteiger partial charge is 0.415 e. The van der Waals surface area contributed by atoms with Gasteiger partial charge in [-0.15, -0.1) is 0 Å². The second kappa shape index (κ2) is 8.84. The summed E-state index contributed by atoms with van der Waals surface area (Å²) in [4.78, 5) is 18.5. The van der Waals surface area contributed by atoms with Gasteiger partial charge < -0.3 is 4.74 Å². The van der Waals surface area contributed by atoms with E-state index in [9.17, 15) is 10.1 Å². The summed E-state index contributed by atoms with van der Waals surface area (Å²) in [6.45, 7) is 0.282. The number of hydrogen-bond donors (Lipinski definition) is 0. The van der Waals surface area contributed by atoms with Gasteiger partial charge in [0.1, 0.15) is 12.7 Å². The molecule has 3 aromatic rings. The summed E-state index contributed by atoms with van der Waals surface area (Å²) < 4.78 is 5.46. The average molecular weight is 378 g/mol. The Labute approximate surface area is 162 Å². The number of pyridine rings is 1. The molecule has 0 radical (unpaired) electrons. The summed E-state index contributed by atoms with van der Waals surface area (Å²) in [5.41, 5.74) is 2.24. The first-order chi connectivity index (χ1) is 13.2. The third kappa shape index (κ3) is 4.84. The third-order valence-corrected chi connectivity index (χ3v) is 4.08. The molecule has 0 N–H and O–H groups in total. The molecule has 1 aromatic heterocycles. The zero-order chi connectivity index (χ0) is 19.1. The molecule has 2 aromatic carbocycles. The molecule has 1 heterocycles. The van der Waals surface area contributed by atoms with Gasteiger partial charge in [0.05, 0.1) is 23.5 Å². The number of ether oxygens (including phenoxy) is 1. The lowest BCUT2D eigenvalue weighted by atomic mass is 10.1. The van der Waals surface area contributed by atoms with Crippen LogP contribution in [-0.4, -0.2) is 11.1 Å². The fourth-order valence-corrected chi connectivity index (χ4v) is 2.69. The molecule has 0 saturated carbocycles. The van der Waals surface area contributed by atoms with Gasteiger partial charge in [-0.1, -0.05) is 48.0 Å². The van der Waals surface area contributed by atoms with Gasteiger partial charge in [0.2, 0.25) is 0 Å². The largest absolute Gasteiger partial charge is 0.444 e. The minimum Gasteiger partial charge on any atom is -0.444 e. The van der Waals surface area contributed by atoms with E-state index in [-0.39, 0.29) is 13.2 Å².